The Bertz CT molecular complexity index is 1090. The van der Waals surface area contributed by atoms with Crippen molar-refractivity contribution in [1.29, 1.82) is 0 Å². The number of aromatic amines is 1. The van der Waals surface area contributed by atoms with Crippen molar-refractivity contribution >= 4 is 16.8 Å². The number of hydrogen-bond acceptors (Lipinski definition) is 2. The Morgan fingerprint density at radius 3 is 2.71 bits per heavy atom. The second-order valence-electron chi connectivity index (χ2n) is 7.26. The van der Waals surface area contributed by atoms with Crippen LogP contribution in [0.4, 0.5) is 0 Å². The Morgan fingerprint density at radius 2 is 1.93 bits per heavy atom. The first kappa shape index (κ1) is 18.1. The molecule has 2 aromatic carbocycles. The SMILES string of the molecule is Cc1ccc(C(CC(=O)NCc2ccco2)c2c[nH]c3ccccc23)c(C)c1. The highest BCUT2D eigenvalue weighted by atomic mass is 16.3. The van der Waals surface area contributed by atoms with Crippen molar-refractivity contribution in [2.24, 2.45) is 0 Å². The molecule has 1 unspecified atom stereocenters. The molecule has 0 radical (unpaired) electrons. The van der Waals surface area contributed by atoms with Crippen molar-refractivity contribution < 1.29 is 9.21 Å². The number of carbonyl (C=O) groups is 1. The van der Waals surface area contributed by atoms with E-state index in [2.05, 4.69) is 54.5 Å². The minimum absolute atomic E-state index is 0.00616. The number of carbonyl (C=O) groups excluding carboxylic acids is 1. The molecule has 4 heteroatoms. The van der Waals surface area contributed by atoms with Crippen LogP contribution in [0.2, 0.25) is 0 Å². The predicted molar refractivity (Wildman–Crippen MR) is 111 cm³/mol. The molecule has 0 saturated carbocycles. The average molecular weight is 372 g/mol. The second-order valence-corrected chi connectivity index (χ2v) is 7.26. The Morgan fingerprint density at radius 1 is 1.07 bits per heavy atom. The predicted octanol–water partition coefficient (Wildman–Crippen LogP) is 5.22. The van der Waals surface area contributed by atoms with Crippen LogP contribution in [0, 0.1) is 13.8 Å². The summed E-state index contributed by atoms with van der Waals surface area (Å²) >= 11 is 0. The molecule has 4 rings (SSSR count). The summed E-state index contributed by atoms with van der Waals surface area (Å²) in [6, 6.07) is 18.4. The zero-order chi connectivity index (χ0) is 19.5. The van der Waals surface area contributed by atoms with Crippen molar-refractivity contribution in [2.75, 3.05) is 0 Å². The van der Waals surface area contributed by atoms with Crippen LogP contribution in [0.3, 0.4) is 0 Å². The number of rotatable bonds is 6. The lowest BCUT2D eigenvalue weighted by atomic mass is 9.85. The Balaban J connectivity index is 1.66. The Kier molecular flexibility index (Phi) is 5.02. The van der Waals surface area contributed by atoms with Gasteiger partial charge in [-0.2, -0.15) is 0 Å². The summed E-state index contributed by atoms with van der Waals surface area (Å²) in [5.41, 5.74) is 5.85. The van der Waals surface area contributed by atoms with Gasteiger partial charge < -0.3 is 14.7 Å². The van der Waals surface area contributed by atoms with Gasteiger partial charge in [0.2, 0.25) is 5.91 Å². The molecule has 4 nitrogen and oxygen atoms in total. The maximum absolute atomic E-state index is 12.8. The molecule has 0 aliphatic rings. The molecule has 0 aliphatic carbocycles. The quantitative estimate of drug-likeness (QED) is 0.488. The molecule has 0 spiro atoms. The van der Waals surface area contributed by atoms with E-state index in [0.29, 0.717) is 13.0 Å². The number of amides is 1. The van der Waals surface area contributed by atoms with Gasteiger partial charge in [0.1, 0.15) is 5.76 Å². The van der Waals surface area contributed by atoms with E-state index in [1.54, 1.807) is 6.26 Å². The third kappa shape index (κ3) is 3.72. The lowest BCUT2D eigenvalue weighted by molar-refractivity contribution is -0.121. The zero-order valence-corrected chi connectivity index (χ0v) is 16.2. The van der Waals surface area contributed by atoms with Gasteiger partial charge in [-0.1, -0.05) is 42.0 Å². The smallest absolute Gasteiger partial charge is 0.221 e. The number of fused-ring (bicyclic) bond motifs is 1. The molecule has 0 aliphatic heterocycles. The largest absolute Gasteiger partial charge is 0.467 e. The van der Waals surface area contributed by atoms with E-state index in [1.807, 2.05) is 30.5 Å². The summed E-state index contributed by atoms with van der Waals surface area (Å²) in [6.07, 6.45) is 4.03. The highest BCUT2D eigenvalue weighted by Crippen LogP contribution is 2.35. The molecule has 2 N–H and O–H groups in total. The van der Waals surface area contributed by atoms with E-state index in [-0.39, 0.29) is 11.8 Å². The first-order valence-corrected chi connectivity index (χ1v) is 9.54. The molecule has 4 aromatic rings. The molecule has 0 saturated heterocycles. The number of furan rings is 1. The standard InChI is InChI=1S/C24H24N2O2/c1-16-9-10-19(17(2)12-16)21(13-24(27)26-14-18-6-5-11-28-18)22-15-25-23-8-4-3-7-20(22)23/h3-12,15,21,25H,13-14H2,1-2H3,(H,26,27). The van der Waals surface area contributed by atoms with Crippen molar-refractivity contribution in [3.05, 3.63) is 95.1 Å². The summed E-state index contributed by atoms with van der Waals surface area (Å²) in [5, 5.41) is 4.14. The molecular formula is C24H24N2O2. The van der Waals surface area contributed by atoms with Crippen LogP contribution in [0.1, 0.15) is 40.4 Å². The van der Waals surface area contributed by atoms with Gasteiger partial charge in [0.15, 0.2) is 0 Å². The Labute approximate surface area is 164 Å². The summed E-state index contributed by atoms with van der Waals surface area (Å²) in [6.45, 7) is 4.61. The fourth-order valence-electron chi connectivity index (χ4n) is 3.84. The van der Waals surface area contributed by atoms with Gasteiger partial charge >= 0.3 is 0 Å². The lowest BCUT2D eigenvalue weighted by Gasteiger charge is -2.20. The maximum atomic E-state index is 12.8. The van der Waals surface area contributed by atoms with Crippen LogP contribution >= 0.6 is 0 Å². The molecule has 2 heterocycles. The second kappa shape index (κ2) is 7.77. The summed E-state index contributed by atoms with van der Waals surface area (Å²) in [7, 11) is 0. The van der Waals surface area contributed by atoms with Crippen LogP contribution in [0.5, 0.6) is 0 Å². The fourth-order valence-corrected chi connectivity index (χ4v) is 3.84. The number of hydrogen-bond donors (Lipinski definition) is 2. The van der Waals surface area contributed by atoms with Crippen LogP contribution in [0.15, 0.2) is 71.5 Å². The number of benzene rings is 2. The van der Waals surface area contributed by atoms with E-state index < -0.39 is 0 Å². The van der Waals surface area contributed by atoms with Crippen LogP contribution < -0.4 is 5.32 Å². The van der Waals surface area contributed by atoms with Gasteiger partial charge in [0.25, 0.3) is 0 Å². The molecule has 1 atom stereocenters. The van der Waals surface area contributed by atoms with Gasteiger partial charge in [0.05, 0.1) is 12.8 Å². The molecule has 2 aromatic heterocycles. The van der Waals surface area contributed by atoms with E-state index in [4.69, 9.17) is 4.42 Å². The van der Waals surface area contributed by atoms with Gasteiger partial charge in [-0.15, -0.1) is 0 Å². The maximum Gasteiger partial charge on any atom is 0.221 e. The van der Waals surface area contributed by atoms with Crippen LogP contribution in [0.25, 0.3) is 10.9 Å². The topological polar surface area (TPSA) is 58.0 Å². The minimum Gasteiger partial charge on any atom is -0.467 e. The highest BCUT2D eigenvalue weighted by Gasteiger charge is 2.23. The monoisotopic (exact) mass is 372 g/mol. The number of H-pyrrole nitrogens is 1. The zero-order valence-electron chi connectivity index (χ0n) is 16.2. The normalized spacial score (nSPS) is 12.2. The van der Waals surface area contributed by atoms with Gasteiger partial charge in [-0.05, 0) is 48.7 Å². The van der Waals surface area contributed by atoms with E-state index >= 15 is 0 Å². The van der Waals surface area contributed by atoms with Crippen molar-refractivity contribution in [2.45, 2.75) is 32.7 Å². The third-order valence-corrected chi connectivity index (χ3v) is 5.23. The average Bonchev–Trinajstić information content (AvgIpc) is 3.35. The Hall–Kier alpha value is -3.27. The molecule has 0 bridgehead atoms. The molecule has 28 heavy (non-hydrogen) atoms. The van der Waals surface area contributed by atoms with E-state index in [0.717, 1.165) is 22.2 Å². The number of para-hydroxylation sites is 1. The van der Waals surface area contributed by atoms with E-state index in [9.17, 15) is 4.79 Å². The van der Waals surface area contributed by atoms with Crippen molar-refractivity contribution in [3.63, 3.8) is 0 Å². The minimum atomic E-state index is -0.0200. The van der Waals surface area contributed by atoms with E-state index in [1.165, 1.54) is 16.7 Å². The third-order valence-electron chi connectivity index (χ3n) is 5.23. The molecule has 0 fully saturated rings. The molecular weight excluding hydrogens is 348 g/mol. The van der Waals surface area contributed by atoms with Crippen LogP contribution in [-0.2, 0) is 11.3 Å². The van der Waals surface area contributed by atoms with Gasteiger partial charge in [-0.25, -0.2) is 0 Å². The molecule has 142 valence electrons. The highest BCUT2D eigenvalue weighted by molar-refractivity contribution is 5.86. The van der Waals surface area contributed by atoms with Gasteiger partial charge in [0, 0.05) is 29.4 Å². The number of aromatic nitrogens is 1. The molecule has 1 amide bonds. The summed E-state index contributed by atoms with van der Waals surface area (Å²) in [5.74, 6) is 0.739. The summed E-state index contributed by atoms with van der Waals surface area (Å²) < 4.78 is 5.32. The van der Waals surface area contributed by atoms with Crippen molar-refractivity contribution in [1.82, 2.24) is 10.3 Å². The number of nitrogens with one attached hydrogen (secondary N) is 2. The first-order chi connectivity index (χ1) is 13.6. The van der Waals surface area contributed by atoms with Gasteiger partial charge in [-0.3, -0.25) is 4.79 Å². The lowest BCUT2D eigenvalue weighted by Crippen LogP contribution is -2.25. The van der Waals surface area contributed by atoms with Crippen LogP contribution in [-0.4, -0.2) is 10.9 Å². The number of aryl methyl sites for hydroxylation is 2. The van der Waals surface area contributed by atoms with Crippen molar-refractivity contribution in [3.8, 4) is 0 Å². The fraction of sp³-hybridized carbons (Fsp3) is 0.208. The summed E-state index contributed by atoms with van der Waals surface area (Å²) in [4.78, 5) is 16.1. The first-order valence-electron chi connectivity index (χ1n) is 9.54.